The molecule has 0 bridgehead atoms. The Labute approximate surface area is 127 Å². The molecule has 2 heterocycles. The summed E-state index contributed by atoms with van der Waals surface area (Å²) in [5.74, 6) is 0. The lowest BCUT2D eigenvalue weighted by molar-refractivity contribution is 0.590. The zero-order valence-corrected chi connectivity index (χ0v) is 12.8. The maximum Gasteiger partial charge on any atom is 0.181 e. The van der Waals surface area contributed by atoms with Crippen molar-refractivity contribution < 1.29 is 0 Å². The minimum absolute atomic E-state index is 0.304. The quantitative estimate of drug-likeness (QED) is 0.708. The van der Waals surface area contributed by atoms with Crippen LogP contribution in [0, 0.1) is 0 Å². The monoisotopic (exact) mass is 299 g/mol. The van der Waals surface area contributed by atoms with Crippen LogP contribution in [0.5, 0.6) is 0 Å². The zero-order valence-electron chi connectivity index (χ0n) is 12.0. The van der Waals surface area contributed by atoms with E-state index in [0.717, 1.165) is 17.1 Å². The lowest BCUT2D eigenvalue weighted by Gasteiger charge is -2.16. The predicted octanol–water partition coefficient (Wildman–Crippen LogP) is 3.17. The van der Waals surface area contributed by atoms with E-state index in [2.05, 4.69) is 63.4 Å². The van der Waals surface area contributed by atoms with E-state index in [9.17, 15) is 0 Å². The van der Waals surface area contributed by atoms with Gasteiger partial charge in [-0.05, 0) is 25.1 Å². The minimum atomic E-state index is 0.304. The summed E-state index contributed by atoms with van der Waals surface area (Å²) in [6.07, 6.45) is 3.21. The molecule has 0 saturated heterocycles. The Morgan fingerprint density at radius 1 is 1.24 bits per heavy atom. The van der Waals surface area contributed by atoms with Gasteiger partial charge in [0.25, 0.3) is 0 Å². The molecule has 6 heteroatoms. The molecule has 0 radical (unpaired) electrons. The van der Waals surface area contributed by atoms with Crippen LogP contribution in [0.15, 0.2) is 46.8 Å². The van der Waals surface area contributed by atoms with Crippen molar-refractivity contribution in [2.24, 2.45) is 0 Å². The minimum Gasteiger partial charge on any atom is -0.341 e. The number of fused-ring (bicyclic) bond motifs is 1. The molecule has 1 aromatic carbocycles. The summed E-state index contributed by atoms with van der Waals surface area (Å²) in [5.41, 5.74) is 2.86. The standard InChI is InChI=1S/C15H17N5S/c1-3-16-10(2)11-6-4-5-7-12(11)21-15-13-14(18-8-17-13)19-9-20-15/h4-10,16H,3H2,1-2H3,(H,17,18,19,20). The molecule has 3 rings (SSSR count). The van der Waals surface area contributed by atoms with E-state index in [-0.39, 0.29) is 0 Å². The third-order valence-electron chi connectivity index (χ3n) is 3.29. The van der Waals surface area contributed by atoms with Crippen LogP contribution in [0.25, 0.3) is 11.2 Å². The number of imidazole rings is 1. The molecule has 0 aliphatic rings. The summed E-state index contributed by atoms with van der Waals surface area (Å²) in [6, 6.07) is 8.70. The normalized spacial score (nSPS) is 12.7. The first-order valence-corrected chi connectivity index (χ1v) is 7.75. The number of aromatic nitrogens is 4. The van der Waals surface area contributed by atoms with Crippen molar-refractivity contribution in [1.82, 2.24) is 25.3 Å². The Morgan fingerprint density at radius 2 is 2.10 bits per heavy atom. The summed E-state index contributed by atoms with van der Waals surface area (Å²) in [5, 5.41) is 4.35. The van der Waals surface area contributed by atoms with Crippen molar-refractivity contribution in [3.05, 3.63) is 42.5 Å². The number of rotatable bonds is 5. The Balaban J connectivity index is 1.96. The third-order valence-corrected chi connectivity index (χ3v) is 4.39. The maximum absolute atomic E-state index is 4.38. The van der Waals surface area contributed by atoms with Gasteiger partial charge in [-0.25, -0.2) is 15.0 Å². The number of H-pyrrole nitrogens is 1. The summed E-state index contributed by atoms with van der Waals surface area (Å²) in [4.78, 5) is 17.0. The van der Waals surface area contributed by atoms with Gasteiger partial charge in [0, 0.05) is 10.9 Å². The highest BCUT2D eigenvalue weighted by molar-refractivity contribution is 7.99. The van der Waals surface area contributed by atoms with Gasteiger partial charge in [-0.3, -0.25) is 0 Å². The summed E-state index contributed by atoms with van der Waals surface area (Å²) in [7, 11) is 0. The lowest BCUT2D eigenvalue weighted by atomic mass is 10.1. The first-order chi connectivity index (χ1) is 10.3. The van der Waals surface area contributed by atoms with Crippen molar-refractivity contribution in [2.45, 2.75) is 29.8 Å². The van der Waals surface area contributed by atoms with Gasteiger partial charge in [0.05, 0.1) is 6.33 Å². The molecule has 2 N–H and O–H groups in total. The van der Waals surface area contributed by atoms with Crippen molar-refractivity contribution in [2.75, 3.05) is 6.54 Å². The summed E-state index contributed by atoms with van der Waals surface area (Å²) in [6.45, 7) is 5.23. The van der Waals surface area contributed by atoms with Crippen LogP contribution < -0.4 is 5.32 Å². The molecular weight excluding hydrogens is 282 g/mol. The van der Waals surface area contributed by atoms with Gasteiger partial charge < -0.3 is 10.3 Å². The zero-order chi connectivity index (χ0) is 14.7. The summed E-state index contributed by atoms with van der Waals surface area (Å²) < 4.78 is 0. The Kier molecular flexibility index (Phi) is 4.17. The molecule has 3 aromatic rings. The second-order valence-electron chi connectivity index (χ2n) is 4.70. The van der Waals surface area contributed by atoms with Gasteiger partial charge in [-0.2, -0.15) is 0 Å². The largest absolute Gasteiger partial charge is 0.341 e. The van der Waals surface area contributed by atoms with Crippen LogP contribution in [0.3, 0.4) is 0 Å². The Morgan fingerprint density at radius 3 is 2.95 bits per heavy atom. The van der Waals surface area contributed by atoms with E-state index in [1.807, 2.05) is 0 Å². The SMILES string of the molecule is CCNC(C)c1ccccc1Sc1ncnc2nc[nH]c12. The number of hydrogen-bond donors (Lipinski definition) is 2. The summed E-state index contributed by atoms with van der Waals surface area (Å²) >= 11 is 1.64. The molecule has 1 atom stereocenters. The number of nitrogens with one attached hydrogen (secondary N) is 2. The molecule has 0 spiro atoms. The van der Waals surface area contributed by atoms with Gasteiger partial charge in [0.2, 0.25) is 0 Å². The number of hydrogen-bond acceptors (Lipinski definition) is 5. The maximum atomic E-state index is 4.38. The first kappa shape index (κ1) is 14.0. The molecule has 108 valence electrons. The Bertz CT molecular complexity index is 740. The number of nitrogens with zero attached hydrogens (tertiary/aromatic N) is 3. The van der Waals surface area contributed by atoms with E-state index in [0.29, 0.717) is 11.7 Å². The highest BCUT2D eigenvalue weighted by atomic mass is 32.2. The second-order valence-corrected chi connectivity index (χ2v) is 5.73. The van der Waals surface area contributed by atoms with Crippen LogP contribution in [0.4, 0.5) is 0 Å². The van der Waals surface area contributed by atoms with Crippen molar-refractivity contribution >= 4 is 22.9 Å². The molecule has 1 unspecified atom stereocenters. The smallest absolute Gasteiger partial charge is 0.181 e. The van der Waals surface area contributed by atoms with E-state index < -0.39 is 0 Å². The van der Waals surface area contributed by atoms with Crippen LogP contribution in [0.1, 0.15) is 25.5 Å². The van der Waals surface area contributed by atoms with E-state index in [1.165, 1.54) is 10.5 Å². The van der Waals surface area contributed by atoms with Gasteiger partial charge in [0.15, 0.2) is 5.65 Å². The van der Waals surface area contributed by atoms with Gasteiger partial charge in [-0.15, -0.1) is 0 Å². The third kappa shape index (κ3) is 2.91. The lowest BCUT2D eigenvalue weighted by Crippen LogP contribution is -2.18. The molecule has 5 nitrogen and oxygen atoms in total. The highest BCUT2D eigenvalue weighted by Crippen LogP contribution is 2.34. The van der Waals surface area contributed by atoms with Gasteiger partial charge >= 0.3 is 0 Å². The van der Waals surface area contributed by atoms with Crippen molar-refractivity contribution in [1.29, 1.82) is 0 Å². The van der Waals surface area contributed by atoms with E-state index in [1.54, 1.807) is 24.4 Å². The second kappa shape index (κ2) is 6.24. The van der Waals surface area contributed by atoms with Gasteiger partial charge in [-0.1, -0.05) is 36.9 Å². The fraction of sp³-hybridized carbons (Fsp3) is 0.267. The molecule has 0 amide bonds. The number of benzene rings is 1. The molecule has 21 heavy (non-hydrogen) atoms. The Hall–Kier alpha value is -1.92. The number of aromatic amines is 1. The van der Waals surface area contributed by atoms with Crippen LogP contribution in [-0.2, 0) is 0 Å². The van der Waals surface area contributed by atoms with E-state index >= 15 is 0 Å². The van der Waals surface area contributed by atoms with Crippen LogP contribution in [0.2, 0.25) is 0 Å². The van der Waals surface area contributed by atoms with E-state index in [4.69, 9.17) is 0 Å². The molecule has 2 aromatic heterocycles. The first-order valence-electron chi connectivity index (χ1n) is 6.94. The molecule has 0 saturated carbocycles. The van der Waals surface area contributed by atoms with Crippen LogP contribution >= 0.6 is 11.8 Å². The fourth-order valence-electron chi connectivity index (χ4n) is 2.27. The average molecular weight is 299 g/mol. The molecule has 0 aliphatic carbocycles. The average Bonchev–Trinajstić information content (AvgIpc) is 2.97. The van der Waals surface area contributed by atoms with Crippen LogP contribution in [-0.4, -0.2) is 26.5 Å². The molecule has 0 fully saturated rings. The topological polar surface area (TPSA) is 66.5 Å². The van der Waals surface area contributed by atoms with Crippen molar-refractivity contribution in [3.63, 3.8) is 0 Å². The predicted molar refractivity (Wildman–Crippen MR) is 84.3 cm³/mol. The molecule has 0 aliphatic heterocycles. The molecular formula is C15H17N5S. The van der Waals surface area contributed by atoms with Crippen molar-refractivity contribution in [3.8, 4) is 0 Å². The highest BCUT2D eigenvalue weighted by Gasteiger charge is 2.13. The fourth-order valence-corrected chi connectivity index (χ4v) is 3.34. The van der Waals surface area contributed by atoms with Gasteiger partial charge in [0.1, 0.15) is 16.9 Å².